The third kappa shape index (κ3) is 4.24. The number of aromatic nitrogens is 2. The predicted octanol–water partition coefficient (Wildman–Crippen LogP) is 2.77. The van der Waals surface area contributed by atoms with Crippen molar-refractivity contribution >= 4 is 36.5 Å². The third-order valence-corrected chi connectivity index (χ3v) is 6.56. The molecule has 2 aliphatic carbocycles. The average Bonchev–Trinajstić information content (AvgIpc) is 3.22. The summed E-state index contributed by atoms with van der Waals surface area (Å²) < 4.78 is 0. The maximum absolute atomic E-state index is 13.0. The van der Waals surface area contributed by atoms with Crippen LogP contribution < -0.4 is 10.6 Å². The van der Waals surface area contributed by atoms with Crippen molar-refractivity contribution in [2.24, 2.45) is 23.5 Å². The highest BCUT2D eigenvalue weighted by atomic mass is 35.5. The highest BCUT2D eigenvalue weighted by molar-refractivity contribution is 5.85. The number of nitrogens with zero attached hydrogens (tertiary/aromatic N) is 4. The van der Waals surface area contributed by atoms with E-state index in [1.807, 2.05) is 11.8 Å². The molecule has 28 heavy (non-hydrogen) atoms. The SMILES string of the molecule is Cc1cc(N2CCN(C(=O)C3C4CCC(C4)C3N)CC2)nc(C(C)C)n1.Cl.Cl. The molecule has 2 heterocycles. The number of aryl methyl sites for hydroxylation is 1. The van der Waals surface area contributed by atoms with Crippen LogP contribution in [-0.4, -0.2) is 53.0 Å². The van der Waals surface area contributed by atoms with E-state index >= 15 is 0 Å². The second-order valence-electron chi connectivity index (χ2n) is 8.63. The number of rotatable bonds is 3. The molecular weight excluding hydrogens is 397 g/mol. The first-order valence-electron chi connectivity index (χ1n) is 10.1. The summed E-state index contributed by atoms with van der Waals surface area (Å²) in [5.41, 5.74) is 7.38. The average molecular weight is 430 g/mol. The van der Waals surface area contributed by atoms with E-state index in [0.29, 0.717) is 23.7 Å². The molecule has 4 atom stereocenters. The number of hydrogen-bond acceptors (Lipinski definition) is 5. The largest absolute Gasteiger partial charge is 0.353 e. The minimum atomic E-state index is 0. The van der Waals surface area contributed by atoms with Gasteiger partial charge >= 0.3 is 0 Å². The molecular formula is C20H33Cl2N5O. The molecule has 1 amide bonds. The fourth-order valence-corrected chi connectivity index (χ4v) is 5.06. The summed E-state index contributed by atoms with van der Waals surface area (Å²) in [6, 6.07) is 2.13. The lowest BCUT2D eigenvalue weighted by Gasteiger charge is -2.39. The first kappa shape index (κ1) is 23.2. The fourth-order valence-electron chi connectivity index (χ4n) is 5.06. The summed E-state index contributed by atoms with van der Waals surface area (Å²) in [5, 5.41) is 0. The van der Waals surface area contributed by atoms with Gasteiger partial charge in [0.25, 0.3) is 0 Å². The molecule has 8 heteroatoms. The summed E-state index contributed by atoms with van der Waals surface area (Å²) in [5.74, 6) is 3.67. The quantitative estimate of drug-likeness (QED) is 0.798. The van der Waals surface area contributed by atoms with Gasteiger partial charge in [0, 0.05) is 49.9 Å². The number of anilines is 1. The van der Waals surface area contributed by atoms with Gasteiger partial charge in [-0.2, -0.15) is 0 Å². The lowest BCUT2D eigenvalue weighted by atomic mass is 9.84. The Morgan fingerprint density at radius 1 is 1.11 bits per heavy atom. The number of carbonyl (C=O) groups excluding carboxylic acids is 1. The zero-order chi connectivity index (χ0) is 18.4. The molecule has 6 nitrogen and oxygen atoms in total. The van der Waals surface area contributed by atoms with Gasteiger partial charge in [-0.05, 0) is 38.0 Å². The normalized spacial score (nSPS) is 28.9. The molecule has 3 fully saturated rings. The Labute approximate surface area is 180 Å². The zero-order valence-corrected chi connectivity index (χ0v) is 18.6. The lowest BCUT2D eigenvalue weighted by molar-refractivity contribution is -0.138. The summed E-state index contributed by atoms with van der Waals surface area (Å²) in [4.78, 5) is 26.6. The minimum Gasteiger partial charge on any atom is -0.353 e. The van der Waals surface area contributed by atoms with Crippen LogP contribution >= 0.6 is 24.8 Å². The van der Waals surface area contributed by atoms with Crippen molar-refractivity contribution in [1.29, 1.82) is 0 Å². The van der Waals surface area contributed by atoms with Gasteiger partial charge in [0.15, 0.2) is 0 Å². The number of amides is 1. The summed E-state index contributed by atoms with van der Waals surface area (Å²) in [6.45, 7) is 9.44. The third-order valence-electron chi connectivity index (χ3n) is 6.56. The highest BCUT2D eigenvalue weighted by Crippen LogP contribution is 2.48. The Bertz CT molecular complexity index is 691. The molecule has 0 aromatic carbocycles. The van der Waals surface area contributed by atoms with Crippen molar-refractivity contribution in [3.05, 3.63) is 17.6 Å². The molecule has 2 saturated carbocycles. The topological polar surface area (TPSA) is 75.3 Å². The summed E-state index contributed by atoms with van der Waals surface area (Å²) in [6.07, 6.45) is 3.57. The van der Waals surface area contributed by atoms with Crippen LogP contribution in [-0.2, 0) is 4.79 Å². The lowest BCUT2D eigenvalue weighted by Crippen LogP contribution is -2.54. The Balaban J connectivity index is 0.00000140. The van der Waals surface area contributed by atoms with Crippen LogP contribution in [0.15, 0.2) is 6.07 Å². The maximum Gasteiger partial charge on any atom is 0.227 e. The van der Waals surface area contributed by atoms with Crippen molar-refractivity contribution in [2.45, 2.75) is 52.0 Å². The molecule has 2 N–H and O–H groups in total. The molecule has 0 spiro atoms. The van der Waals surface area contributed by atoms with Crippen molar-refractivity contribution < 1.29 is 4.79 Å². The molecule has 1 saturated heterocycles. The first-order chi connectivity index (χ1) is 12.4. The molecule has 158 valence electrons. The number of nitrogens with two attached hydrogens (primary N) is 1. The monoisotopic (exact) mass is 429 g/mol. The van der Waals surface area contributed by atoms with E-state index in [1.165, 1.54) is 12.8 Å². The van der Waals surface area contributed by atoms with Gasteiger partial charge in [-0.3, -0.25) is 4.79 Å². The highest BCUT2D eigenvalue weighted by Gasteiger charge is 2.50. The minimum absolute atomic E-state index is 0. The van der Waals surface area contributed by atoms with E-state index in [9.17, 15) is 4.79 Å². The van der Waals surface area contributed by atoms with Crippen LogP contribution in [0.1, 0.15) is 50.5 Å². The molecule has 1 aromatic rings. The van der Waals surface area contributed by atoms with E-state index in [0.717, 1.165) is 49.9 Å². The van der Waals surface area contributed by atoms with Gasteiger partial charge < -0.3 is 15.5 Å². The van der Waals surface area contributed by atoms with Gasteiger partial charge in [0.1, 0.15) is 11.6 Å². The van der Waals surface area contributed by atoms with E-state index < -0.39 is 0 Å². The number of halogens is 2. The van der Waals surface area contributed by atoms with Crippen molar-refractivity contribution in [1.82, 2.24) is 14.9 Å². The molecule has 1 aromatic heterocycles. The smallest absolute Gasteiger partial charge is 0.227 e. The van der Waals surface area contributed by atoms with Crippen LogP contribution in [0.5, 0.6) is 0 Å². The number of hydrogen-bond donors (Lipinski definition) is 1. The van der Waals surface area contributed by atoms with Gasteiger partial charge in [-0.1, -0.05) is 13.8 Å². The van der Waals surface area contributed by atoms with Crippen molar-refractivity contribution in [3.8, 4) is 0 Å². The van der Waals surface area contributed by atoms with Crippen LogP contribution in [0.3, 0.4) is 0 Å². The Hall–Kier alpha value is -1.11. The van der Waals surface area contributed by atoms with E-state index in [4.69, 9.17) is 10.7 Å². The number of piperazine rings is 1. The molecule has 4 unspecified atom stereocenters. The molecule has 4 rings (SSSR count). The summed E-state index contributed by atoms with van der Waals surface area (Å²) in [7, 11) is 0. The summed E-state index contributed by atoms with van der Waals surface area (Å²) >= 11 is 0. The molecule has 1 aliphatic heterocycles. The second-order valence-corrected chi connectivity index (χ2v) is 8.63. The van der Waals surface area contributed by atoms with Crippen molar-refractivity contribution in [2.75, 3.05) is 31.1 Å². The molecule has 0 radical (unpaired) electrons. The van der Waals surface area contributed by atoms with E-state index in [2.05, 4.69) is 29.8 Å². The Kier molecular flexibility index (Phi) is 7.56. The standard InChI is InChI=1S/C20H31N5O.2ClH/c1-12(2)19-22-13(3)10-16(23-19)24-6-8-25(9-7-24)20(26)17-14-4-5-15(11-14)18(17)21;;/h10,12,14-15,17-18H,4-9,11,21H2,1-3H3;2*1H. The Morgan fingerprint density at radius 2 is 1.75 bits per heavy atom. The molecule has 2 bridgehead atoms. The zero-order valence-electron chi connectivity index (χ0n) is 17.0. The maximum atomic E-state index is 13.0. The second kappa shape index (κ2) is 9.14. The van der Waals surface area contributed by atoms with Crippen LogP contribution in [0.2, 0.25) is 0 Å². The fraction of sp³-hybridized carbons (Fsp3) is 0.750. The van der Waals surface area contributed by atoms with Gasteiger partial charge in [0.05, 0.1) is 5.92 Å². The van der Waals surface area contributed by atoms with Gasteiger partial charge in [-0.15, -0.1) is 24.8 Å². The van der Waals surface area contributed by atoms with E-state index in [1.54, 1.807) is 0 Å². The predicted molar refractivity (Wildman–Crippen MR) is 116 cm³/mol. The van der Waals surface area contributed by atoms with Gasteiger partial charge in [-0.25, -0.2) is 9.97 Å². The number of fused-ring (bicyclic) bond motifs is 2. The first-order valence-corrected chi connectivity index (χ1v) is 10.1. The number of carbonyl (C=O) groups is 1. The molecule has 3 aliphatic rings. The van der Waals surface area contributed by atoms with Crippen molar-refractivity contribution in [3.63, 3.8) is 0 Å². The van der Waals surface area contributed by atoms with Crippen LogP contribution in [0.4, 0.5) is 5.82 Å². The van der Waals surface area contributed by atoms with Gasteiger partial charge in [0.2, 0.25) is 5.91 Å². The van der Waals surface area contributed by atoms with Crippen LogP contribution in [0, 0.1) is 24.7 Å². The Morgan fingerprint density at radius 3 is 2.32 bits per heavy atom. The van der Waals surface area contributed by atoms with Crippen LogP contribution in [0.25, 0.3) is 0 Å². The van der Waals surface area contributed by atoms with E-state index in [-0.39, 0.29) is 36.8 Å².